The van der Waals surface area contributed by atoms with Crippen LogP contribution in [0.25, 0.3) is 6.08 Å². The summed E-state index contributed by atoms with van der Waals surface area (Å²) in [5, 5.41) is 16.8. The quantitative estimate of drug-likeness (QED) is 0.308. The van der Waals surface area contributed by atoms with Crippen molar-refractivity contribution in [1.82, 2.24) is 4.90 Å². The van der Waals surface area contributed by atoms with Crippen molar-refractivity contribution >= 4 is 28.3 Å². The van der Waals surface area contributed by atoms with E-state index in [-0.39, 0.29) is 19.0 Å². The largest absolute Gasteiger partial charge is 0.495 e. The lowest BCUT2D eigenvalue weighted by molar-refractivity contribution is -0.141. The maximum Gasteiger partial charge on any atom is 0.389 e. The molecule has 3 N–H and O–H groups in total. The number of β-amino-alcohol motifs (C(OH)–C–C–N with tert-alkyl or cyclic N) is 1. The van der Waals surface area contributed by atoms with Gasteiger partial charge in [0.2, 0.25) is 0 Å². The zero-order valence-corrected chi connectivity index (χ0v) is 25.6. The molecule has 2 aromatic rings. The lowest BCUT2D eigenvalue weighted by Gasteiger charge is -2.34. The second kappa shape index (κ2) is 15.1. The van der Waals surface area contributed by atoms with Gasteiger partial charge < -0.3 is 30.1 Å². The van der Waals surface area contributed by atoms with E-state index in [9.17, 15) is 22.5 Å². The summed E-state index contributed by atoms with van der Waals surface area (Å²) in [6.45, 7) is 2.72. The summed E-state index contributed by atoms with van der Waals surface area (Å²) in [6, 6.07) is 11.1. The maximum atomic E-state index is 13.6. The van der Waals surface area contributed by atoms with Crippen LogP contribution in [0.4, 0.5) is 24.5 Å². The summed E-state index contributed by atoms with van der Waals surface area (Å²) in [4.78, 5) is 2.85. The molecule has 3 atom stereocenters. The zero-order valence-electron chi connectivity index (χ0n) is 24.8. The molecule has 0 aromatic heterocycles. The lowest BCUT2D eigenvalue weighted by Crippen LogP contribution is -2.43. The summed E-state index contributed by atoms with van der Waals surface area (Å²) < 4.78 is 63.0. The Bertz CT molecular complexity index is 1360. The molecule has 2 aromatic carbocycles. The number of methoxy groups -OCH3 is 2. The van der Waals surface area contributed by atoms with Gasteiger partial charge in [0, 0.05) is 77.5 Å². The minimum atomic E-state index is -4.31. The van der Waals surface area contributed by atoms with E-state index in [1.807, 2.05) is 24.3 Å². The maximum absolute atomic E-state index is 13.6. The van der Waals surface area contributed by atoms with Crippen molar-refractivity contribution in [3.8, 4) is 17.6 Å². The summed E-state index contributed by atoms with van der Waals surface area (Å²) in [5.41, 5.74) is 3.73. The summed E-state index contributed by atoms with van der Waals surface area (Å²) in [6.07, 6.45) is -0.351. The molecule has 2 aliphatic rings. The van der Waals surface area contributed by atoms with Crippen molar-refractivity contribution in [3.05, 3.63) is 53.1 Å². The molecule has 3 unspecified atom stereocenters. The lowest BCUT2D eigenvalue weighted by atomic mass is 9.81. The number of hydrogen-bond acceptors (Lipinski definition) is 7. The van der Waals surface area contributed by atoms with E-state index in [1.54, 1.807) is 31.6 Å². The molecular formula is C32H40F3N3O4S. The molecule has 1 fully saturated rings. The number of hydrogen-bond donors (Lipinski definition) is 3. The number of rotatable bonds is 11. The fourth-order valence-corrected chi connectivity index (χ4v) is 6.19. The van der Waals surface area contributed by atoms with Crippen LogP contribution >= 0.6 is 0 Å². The Morgan fingerprint density at radius 1 is 1.16 bits per heavy atom. The topological polar surface area (TPSA) is 83.1 Å². The summed E-state index contributed by atoms with van der Waals surface area (Å²) in [5.74, 6) is 5.82. The van der Waals surface area contributed by atoms with Crippen molar-refractivity contribution in [2.24, 2.45) is 5.92 Å². The van der Waals surface area contributed by atoms with Crippen LogP contribution in [0, 0.1) is 17.8 Å². The molecule has 1 saturated heterocycles. The molecule has 234 valence electrons. The first-order chi connectivity index (χ1) is 20.6. The van der Waals surface area contributed by atoms with Crippen LogP contribution in [0.2, 0.25) is 0 Å². The van der Waals surface area contributed by atoms with E-state index in [2.05, 4.69) is 27.4 Å². The molecule has 0 radical (unpaired) electrons. The van der Waals surface area contributed by atoms with Gasteiger partial charge in [-0.15, -0.1) is 0 Å². The average Bonchev–Trinajstić information content (AvgIpc) is 2.96. The zero-order chi connectivity index (χ0) is 31.0. The van der Waals surface area contributed by atoms with Crippen molar-refractivity contribution < 1.29 is 32.0 Å². The molecule has 1 aliphatic carbocycles. The van der Waals surface area contributed by atoms with Crippen LogP contribution in [0.3, 0.4) is 0 Å². The van der Waals surface area contributed by atoms with Crippen molar-refractivity contribution in [1.29, 1.82) is 0 Å². The highest BCUT2D eigenvalue weighted by Gasteiger charge is 2.35. The standard InChI is InChI=1S/C32H40F3N3O4S/c1-41-21-26(39)20-38-14-11-25(12-15-38)37-29-8-4-6-23-16-24(19-32(33,34)35)22(17-28(23)29)7-5-13-36-30-18-27(43(3)40)9-10-31(30)42-2/h4,6,8-10,17-18,24-26,36-37,39H,11-16,19-21H2,1-3H3. The second-order valence-electron chi connectivity index (χ2n) is 11.0. The Hall–Kier alpha value is -3.04. The predicted octanol–water partition coefficient (Wildman–Crippen LogP) is 4.94. The molecule has 7 nitrogen and oxygen atoms in total. The van der Waals surface area contributed by atoms with Gasteiger partial charge in [-0.1, -0.05) is 24.0 Å². The number of anilines is 2. The highest BCUT2D eigenvalue weighted by Crippen LogP contribution is 2.39. The fourth-order valence-electron chi connectivity index (χ4n) is 5.65. The molecule has 11 heteroatoms. The summed E-state index contributed by atoms with van der Waals surface area (Å²) >= 11 is 0. The molecule has 4 rings (SSSR count). The van der Waals surface area contributed by atoms with E-state index in [4.69, 9.17) is 9.47 Å². The second-order valence-corrected chi connectivity index (χ2v) is 12.4. The number of likely N-dealkylation sites (tertiary alicyclic amines) is 1. The molecule has 0 bridgehead atoms. The third-order valence-electron chi connectivity index (χ3n) is 7.76. The Morgan fingerprint density at radius 2 is 1.93 bits per heavy atom. The number of piperidine rings is 1. The van der Waals surface area contributed by atoms with E-state index in [1.165, 1.54) is 7.11 Å². The number of aliphatic hydroxyl groups excluding tert-OH is 1. The monoisotopic (exact) mass is 619 g/mol. The number of fused-ring (bicyclic) bond motifs is 1. The first kappa shape index (κ1) is 32.9. The Kier molecular flexibility index (Phi) is 11.5. The molecule has 1 aliphatic heterocycles. The van der Waals surface area contributed by atoms with Gasteiger partial charge in [-0.25, -0.2) is 0 Å². The van der Waals surface area contributed by atoms with Crippen LogP contribution in [-0.2, 0) is 22.0 Å². The third-order valence-corrected chi connectivity index (χ3v) is 8.68. The van der Waals surface area contributed by atoms with Crippen LogP contribution in [0.15, 0.2) is 46.9 Å². The van der Waals surface area contributed by atoms with Gasteiger partial charge in [0.05, 0.1) is 38.5 Å². The number of alkyl halides is 3. The number of nitrogens with zero attached hydrogens (tertiary/aromatic N) is 1. The number of allylic oxidation sites excluding steroid dienone is 1. The normalized spacial score (nSPS) is 19.0. The number of ether oxygens (including phenoxy) is 2. The smallest absolute Gasteiger partial charge is 0.389 e. The Balaban J connectivity index is 1.50. The number of halogens is 3. The predicted molar refractivity (Wildman–Crippen MR) is 165 cm³/mol. The fraction of sp³-hybridized carbons (Fsp3) is 0.500. The Labute approximate surface area is 254 Å². The molecule has 0 amide bonds. The minimum Gasteiger partial charge on any atom is -0.495 e. The SMILES string of the molecule is COCC(O)CN1CCC(Nc2cccc3c2C=C(C#CCNc2cc(S(C)=O)ccc2OC)C(CC(F)(F)F)C3)CC1. The van der Waals surface area contributed by atoms with Gasteiger partial charge in [0.25, 0.3) is 0 Å². The average molecular weight is 620 g/mol. The molecule has 1 heterocycles. The van der Waals surface area contributed by atoms with Gasteiger partial charge in [0.15, 0.2) is 0 Å². The van der Waals surface area contributed by atoms with Gasteiger partial charge >= 0.3 is 6.18 Å². The van der Waals surface area contributed by atoms with Gasteiger partial charge in [-0.3, -0.25) is 4.21 Å². The highest BCUT2D eigenvalue weighted by atomic mass is 32.2. The molecule has 0 saturated carbocycles. The van der Waals surface area contributed by atoms with Crippen molar-refractivity contribution in [2.75, 3.05) is 63.9 Å². The first-order valence-corrected chi connectivity index (χ1v) is 15.9. The third kappa shape index (κ3) is 9.47. The minimum absolute atomic E-state index is 0.177. The van der Waals surface area contributed by atoms with E-state index in [0.29, 0.717) is 35.1 Å². The van der Waals surface area contributed by atoms with Crippen molar-refractivity contribution in [2.45, 2.75) is 48.9 Å². The van der Waals surface area contributed by atoms with Gasteiger partial charge in [-0.05, 0) is 55.2 Å². The highest BCUT2D eigenvalue weighted by molar-refractivity contribution is 7.84. The van der Waals surface area contributed by atoms with E-state index >= 15 is 0 Å². The van der Waals surface area contributed by atoms with Crippen LogP contribution in [-0.4, -0.2) is 85.8 Å². The van der Waals surface area contributed by atoms with Crippen LogP contribution < -0.4 is 15.4 Å². The molecule has 0 spiro atoms. The van der Waals surface area contributed by atoms with E-state index < -0.39 is 35.4 Å². The number of nitrogens with one attached hydrogen (secondary N) is 2. The number of aliphatic hydroxyl groups is 1. The van der Waals surface area contributed by atoms with E-state index in [0.717, 1.165) is 42.7 Å². The molecular weight excluding hydrogens is 579 g/mol. The first-order valence-electron chi connectivity index (χ1n) is 14.4. The van der Waals surface area contributed by atoms with Gasteiger partial charge in [-0.2, -0.15) is 13.2 Å². The number of benzene rings is 2. The van der Waals surface area contributed by atoms with Crippen LogP contribution in [0.1, 0.15) is 30.4 Å². The van der Waals surface area contributed by atoms with Crippen molar-refractivity contribution in [3.63, 3.8) is 0 Å². The molecule has 43 heavy (non-hydrogen) atoms. The summed E-state index contributed by atoms with van der Waals surface area (Å²) in [7, 11) is 1.93. The van der Waals surface area contributed by atoms with Crippen LogP contribution in [0.5, 0.6) is 5.75 Å². The Morgan fingerprint density at radius 3 is 2.60 bits per heavy atom. The van der Waals surface area contributed by atoms with Gasteiger partial charge in [0.1, 0.15) is 5.75 Å².